The fourth-order valence-electron chi connectivity index (χ4n) is 4.46. The molecule has 0 saturated heterocycles. The van der Waals surface area contributed by atoms with Gasteiger partial charge in [0.05, 0.1) is 29.2 Å². The lowest BCUT2D eigenvalue weighted by Gasteiger charge is -2.26. The Balaban J connectivity index is 1.36. The highest BCUT2D eigenvalue weighted by atomic mass is 32.2. The Morgan fingerprint density at radius 1 is 0.775 bits per heavy atom. The molecule has 0 aliphatic heterocycles. The summed E-state index contributed by atoms with van der Waals surface area (Å²) in [5, 5.41) is 5.08. The number of ether oxygens (including phenoxy) is 1. The molecule has 0 aliphatic carbocycles. The number of carbonyl (C=O) groups is 1. The maximum absolute atomic E-state index is 13.9. The third-order valence-electron chi connectivity index (χ3n) is 6.57. The average molecular weight is 551 g/mol. The molecule has 202 valence electrons. The number of benzene rings is 5. The molecular formula is C33H30N2O4S. The number of hydrogen-bond donors (Lipinski definition) is 1. The van der Waals surface area contributed by atoms with Crippen molar-refractivity contribution < 1.29 is 17.9 Å². The van der Waals surface area contributed by atoms with Gasteiger partial charge < -0.3 is 10.1 Å². The van der Waals surface area contributed by atoms with Gasteiger partial charge in [0.1, 0.15) is 12.4 Å². The number of aryl methyl sites for hydroxylation is 1. The van der Waals surface area contributed by atoms with E-state index < -0.39 is 10.0 Å². The van der Waals surface area contributed by atoms with Crippen LogP contribution in [0.25, 0.3) is 10.8 Å². The lowest BCUT2D eigenvalue weighted by Crippen LogP contribution is -2.34. The third kappa shape index (κ3) is 6.16. The Labute approximate surface area is 234 Å². The number of nitrogens with one attached hydrogen (secondary N) is 1. The van der Waals surface area contributed by atoms with Gasteiger partial charge in [-0.3, -0.25) is 9.10 Å². The highest BCUT2D eigenvalue weighted by Crippen LogP contribution is 2.29. The number of amides is 1. The second-order valence-corrected chi connectivity index (χ2v) is 11.3. The zero-order valence-electron chi connectivity index (χ0n) is 22.2. The van der Waals surface area contributed by atoms with Gasteiger partial charge >= 0.3 is 0 Å². The zero-order chi connectivity index (χ0) is 28.0. The molecule has 7 heteroatoms. The Morgan fingerprint density at radius 2 is 1.45 bits per heavy atom. The first-order valence-electron chi connectivity index (χ1n) is 13.0. The van der Waals surface area contributed by atoms with Crippen molar-refractivity contribution in [3.8, 4) is 5.75 Å². The summed E-state index contributed by atoms with van der Waals surface area (Å²) in [5.41, 5.74) is 2.33. The smallest absolute Gasteiger partial charge is 0.264 e. The van der Waals surface area contributed by atoms with E-state index >= 15 is 0 Å². The van der Waals surface area contributed by atoms with Gasteiger partial charge in [0, 0.05) is 0 Å². The molecule has 0 aliphatic rings. The fraction of sp³-hybridized carbons (Fsp3) is 0.121. The van der Waals surface area contributed by atoms with E-state index in [1.165, 1.54) is 4.31 Å². The van der Waals surface area contributed by atoms with Crippen molar-refractivity contribution in [3.63, 3.8) is 0 Å². The number of para-hydroxylation sites is 1. The van der Waals surface area contributed by atoms with E-state index in [0.717, 1.165) is 21.9 Å². The molecule has 1 N–H and O–H groups in total. The quantitative estimate of drug-likeness (QED) is 0.206. The second-order valence-electron chi connectivity index (χ2n) is 9.44. The summed E-state index contributed by atoms with van der Waals surface area (Å²) >= 11 is 0. The summed E-state index contributed by atoms with van der Waals surface area (Å²) in [6.45, 7) is 2.50. The van der Waals surface area contributed by atoms with Gasteiger partial charge in [-0.05, 0) is 59.7 Å². The number of anilines is 1. The van der Waals surface area contributed by atoms with Crippen molar-refractivity contribution >= 4 is 32.4 Å². The molecular weight excluding hydrogens is 520 g/mol. The van der Waals surface area contributed by atoms with Gasteiger partial charge in [-0.25, -0.2) is 8.42 Å². The molecule has 5 aromatic carbocycles. The lowest BCUT2D eigenvalue weighted by atomic mass is 10.1. The van der Waals surface area contributed by atoms with Crippen molar-refractivity contribution in [2.75, 3.05) is 17.5 Å². The summed E-state index contributed by atoms with van der Waals surface area (Å²) in [5.74, 6) is 0.335. The van der Waals surface area contributed by atoms with E-state index in [1.807, 2.05) is 79.7 Å². The number of nitrogens with zero attached hydrogens (tertiary/aromatic N) is 1. The molecule has 0 spiro atoms. The van der Waals surface area contributed by atoms with Gasteiger partial charge in [0.25, 0.3) is 15.9 Å². The topological polar surface area (TPSA) is 75.7 Å². The predicted octanol–water partition coefficient (Wildman–Crippen LogP) is 6.35. The van der Waals surface area contributed by atoms with Gasteiger partial charge in [0.2, 0.25) is 0 Å². The van der Waals surface area contributed by atoms with E-state index in [4.69, 9.17) is 4.74 Å². The fourth-order valence-corrected chi connectivity index (χ4v) is 5.93. The summed E-state index contributed by atoms with van der Waals surface area (Å²) < 4.78 is 35.0. The van der Waals surface area contributed by atoms with Crippen LogP contribution in [-0.4, -0.2) is 27.5 Å². The van der Waals surface area contributed by atoms with Gasteiger partial charge in [-0.1, -0.05) is 90.5 Å². The molecule has 0 unspecified atom stereocenters. The number of sulfonamides is 1. The van der Waals surface area contributed by atoms with Crippen LogP contribution in [0.1, 0.15) is 21.5 Å². The maximum Gasteiger partial charge on any atom is 0.264 e. The van der Waals surface area contributed by atoms with Gasteiger partial charge in [0.15, 0.2) is 0 Å². The van der Waals surface area contributed by atoms with Crippen molar-refractivity contribution in [1.29, 1.82) is 0 Å². The second kappa shape index (κ2) is 12.1. The molecule has 0 heterocycles. The average Bonchev–Trinajstić information content (AvgIpc) is 2.98. The van der Waals surface area contributed by atoms with Crippen molar-refractivity contribution in [1.82, 2.24) is 5.32 Å². The SMILES string of the molecule is Cc1ccc(S(=O)(=O)N(Cc2ccccc2)c2ccccc2C(=O)NCCOc2ccc3ccccc3c2)cc1. The first-order chi connectivity index (χ1) is 19.4. The van der Waals surface area contributed by atoms with Crippen LogP contribution < -0.4 is 14.4 Å². The van der Waals surface area contributed by atoms with Crippen LogP contribution in [0.15, 0.2) is 126 Å². The molecule has 0 bridgehead atoms. The minimum Gasteiger partial charge on any atom is -0.492 e. The van der Waals surface area contributed by atoms with Crippen molar-refractivity contribution in [3.05, 3.63) is 138 Å². The molecule has 0 radical (unpaired) electrons. The molecule has 5 aromatic rings. The van der Waals surface area contributed by atoms with E-state index in [2.05, 4.69) is 5.32 Å². The normalized spacial score (nSPS) is 11.2. The van der Waals surface area contributed by atoms with Crippen molar-refractivity contribution in [2.24, 2.45) is 0 Å². The summed E-state index contributed by atoms with van der Waals surface area (Å²) in [6, 6.07) is 36.7. The van der Waals surface area contributed by atoms with Crippen LogP contribution in [0.3, 0.4) is 0 Å². The number of hydrogen-bond acceptors (Lipinski definition) is 4. The molecule has 1 amide bonds. The van der Waals surface area contributed by atoms with Gasteiger partial charge in [-0.2, -0.15) is 0 Å². The monoisotopic (exact) mass is 550 g/mol. The Hall–Kier alpha value is -4.62. The third-order valence-corrected chi connectivity index (χ3v) is 8.35. The van der Waals surface area contributed by atoms with Gasteiger partial charge in [-0.15, -0.1) is 0 Å². The number of rotatable bonds is 10. The van der Waals surface area contributed by atoms with E-state index in [-0.39, 0.29) is 36.1 Å². The minimum absolute atomic E-state index is 0.0758. The van der Waals surface area contributed by atoms with E-state index in [9.17, 15) is 13.2 Å². The Bertz CT molecular complexity index is 1720. The zero-order valence-corrected chi connectivity index (χ0v) is 23.0. The van der Waals surface area contributed by atoms with Crippen LogP contribution >= 0.6 is 0 Å². The first-order valence-corrected chi connectivity index (χ1v) is 14.5. The standard InChI is InChI=1S/C33H30N2O4S/c1-25-15-19-30(20-16-25)40(37,38)35(24-26-9-3-2-4-10-26)32-14-8-7-13-31(32)33(36)34-21-22-39-29-18-17-27-11-5-6-12-28(27)23-29/h2-20,23H,21-22,24H2,1H3,(H,34,36). The molecule has 0 atom stereocenters. The van der Waals surface area contributed by atoms with Crippen LogP contribution in [0, 0.1) is 6.92 Å². The van der Waals surface area contributed by atoms with Crippen molar-refractivity contribution in [2.45, 2.75) is 18.4 Å². The maximum atomic E-state index is 13.9. The highest BCUT2D eigenvalue weighted by molar-refractivity contribution is 7.92. The summed E-state index contributed by atoms with van der Waals surface area (Å²) in [7, 11) is -3.98. The number of carbonyl (C=O) groups excluding carboxylic acids is 1. The van der Waals surface area contributed by atoms with Crippen LogP contribution in [0.5, 0.6) is 5.75 Å². The van der Waals surface area contributed by atoms with E-state index in [0.29, 0.717) is 11.4 Å². The molecule has 40 heavy (non-hydrogen) atoms. The Morgan fingerprint density at radius 3 is 2.23 bits per heavy atom. The molecule has 0 aromatic heterocycles. The lowest BCUT2D eigenvalue weighted by molar-refractivity contribution is 0.0947. The molecule has 5 rings (SSSR count). The molecule has 0 saturated carbocycles. The highest BCUT2D eigenvalue weighted by Gasteiger charge is 2.28. The molecule has 0 fully saturated rings. The minimum atomic E-state index is -3.98. The van der Waals surface area contributed by atoms with Crippen LogP contribution in [0.4, 0.5) is 5.69 Å². The Kier molecular flexibility index (Phi) is 8.12. The van der Waals surface area contributed by atoms with Crippen LogP contribution in [0.2, 0.25) is 0 Å². The van der Waals surface area contributed by atoms with E-state index in [1.54, 1.807) is 48.5 Å². The molecule has 6 nitrogen and oxygen atoms in total. The van der Waals surface area contributed by atoms with Crippen LogP contribution in [-0.2, 0) is 16.6 Å². The predicted molar refractivity (Wildman–Crippen MR) is 159 cm³/mol. The first kappa shape index (κ1) is 27.0. The number of fused-ring (bicyclic) bond motifs is 1. The summed E-state index contributed by atoms with van der Waals surface area (Å²) in [6.07, 6.45) is 0. The summed E-state index contributed by atoms with van der Waals surface area (Å²) in [4.78, 5) is 13.5. The largest absolute Gasteiger partial charge is 0.492 e.